The third-order valence-electron chi connectivity index (χ3n) is 6.83. The molecule has 35 heavy (non-hydrogen) atoms. The van der Waals surface area contributed by atoms with E-state index in [2.05, 4.69) is 25.3 Å². The Morgan fingerprint density at radius 1 is 1.20 bits per heavy atom. The van der Waals surface area contributed by atoms with Crippen molar-refractivity contribution < 1.29 is 4.79 Å². The molecule has 1 amide bonds. The molecular weight excluding hydrogens is 464 g/mol. The highest BCUT2D eigenvalue weighted by Gasteiger charge is 2.21. The molecule has 0 aromatic carbocycles. The zero-order valence-electron chi connectivity index (χ0n) is 19.9. The van der Waals surface area contributed by atoms with Crippen molar-refractivity contribution in [2.45, 2.75) is 26.7 Å². The third-order valence-corrected chi connectivity index (χ3v) is 7.94. The van der Waals surface area contributed by atoms with Gasteiger partial charge < -0.3 is 15.2 Å². The van der Waals surface area contributed by atoms with Crippen molar-refractivity contribution in [3.8, 4) is 10.4 Å². The van der Waals surface area contributed by atoms with Crippen molar-refractivity contribution in [1.29, 1.82) is 0 Å². The number of likely N-dealkylation sites (tertiary alicyclic amines) is 1. The van der Waals surface area contributed by atoms with Crippen molar-refractivity contribution in [3.05, 3.63) is 45.8 Å². The molecule has 0 radical (unpaired) electrons. The fourth-order valence-corrected chi connectivity index (χ4v) is 6.19. The fraction of sp³-hybridized carbons (Fsp3) is 0.375. The summed E-state index contributed by atoms with van der Waals surface area (Å²) in [6, 6.07) is 1.68. The lowest BCUT2D eigenvalue weighted by atomic mass is 10.2. The van der Waals surface area contributed by atoms with Gasteiger partial charge in [0.05, 0.1) is 21.7 Å². The van der Waals surface area contributed by atoms with E-state index < -0.39 is 0 Å². The molecule has 0 aliphatic carbocycles. The van der Waals surface area contributed by atoms with Crippen LogP contribution >= 0.6 is 11.3 Å². The van der Waals surface area contributed by atoms with E-state index in [0.29, 0.717) is 34.0 Å². The number of nitrogens with zero attached hydrogens (tertiary/aromatic N) is 6. The smallest absolute Gasteiger partial charge is 0.261 e. The number of pyridine rings is 2. The number of aryl methyl sites for hydroxylation is 2. The standard InChI is InChI=1S/C24H26N8O2S/c1-13-18(14(2)30(3)28-13)17-12-32-24(35-17)19-21(29-32)20-16(27-23(19)34)10-15(11-26-20)22(33)25-6-9-31-7-4-5-8-31/h10-12H,4-9H2,1-3H3,(H,25,33)(H,27,34). The van der Waals surface area contributed by atoms with Gasteiger partial charge in [-0.15, -0.1) is 11.3 Å². The minimum atomic E-state index is -0.246. The number of hydrogen-bond acceptors (Lipinski definition) is 7. The van der Waals surface area contributed by atoms with Gasteiger partial charge in [0.1, 0.15) is 21.3 Å². The van der Waals surface area contributed by atoms with E-state index in [1.165, 1.54) is 24.2 Å². The van der Waals surface area contributed by atoms with Gasteiger partial charge in [0.2, 0.25) is 0 Å². The summed E-state index contributed by atoms with van der Waals surface area (Å²) in [6.07, 6.45) is 5.93. The average molecular weight is 491 g/mol. The summed E-state index contributed by atoms with van der Waals surface area (Å²) in [7, 11) is 1.92. The lowest BCUT2D eigenvalue weighted by Crippen LogP contribution is -2.33. The third kappa shape index (κ3) is 3.62. The molecule has 1 fully saturated rings. The Hall–Kier alpha value is -3.57. The lowest BCUT2D eigenvalue weighted by Gasteiger charge is -2.14. The molecule has 2 N–H and O–H groups in total. The van der Waals surface area contributed by atoms with Crippen LogP contribution in [0.5, 0.6) is 0 Å². The second-order valence-corrected chi connectivity index (χ2v) is 10.1. The molecule has 180 valence electrons. The van der Waals surface area contributed by atoms with Gasteiger partial charge in [-0.05, 0) is 45.8 Å². The zero-order valence-corrected chi connectivity index (χ0v) is 20.7. The average Bonchev–Trinajstić information content (AvgIpc) is 3.58. The summed E-state index contributed by atoms with van der Waals surface area (Å²) in [4.78, 5) is 37.3. The van der Waals surface area contributed by atoms with Gasteiger partial charge in [-0.25, -0.2) is 4.52 Å². The number of carbonyl (C=O) groups excluding carboxylic acids is 1. The molecule has 0 atom stereocenters. The van der Waals surface area contributed by atoms with E-state index in [1.807, 2.05) is 31.8 Å². The Bertz CT molecular complexity index is 1670. The van der Waals surface area contributed by atoms with Crippen LogP contribution in [-0.4, -0.2) is 66.3 Å². The number of fused-ring (bicyclic) bond motifs is 5. The number of carbonyl (C=O) groups is 1. The Morgan fingerprint density at radius 3 is 2.74 bits per heavy atom. The highest BCUT2D eigenvalue weighted by molar-refractivity contribution is 7.21. The molecule has 5 aromatic rings. The van der Waals surface area contributed by atoms with E-state index >= 15 is 0 Å². The number of aromatic nitrogens is 6. The maximum atomic E-state index is 13.1. The van der Waals surface area contributed by atoms with Crippen molar-refractivity contribution >= 4 is 44.0 Å². The molecular formula is C24H26N8O2S. The molecule has 0 unspecified atom stereocenters. The summed E-state index contributed by atoms with van der Waals surface area (Å²) in [5, 5.41) is 12.7. The normalized spacial score (nSPS) is 14.6. The number of hydrogen-bond donors (Lipinski definition) is 2. The topological polar surface area (TPSA) is 113 Å². The summed E-state index contributed by atoms with van der Waals surface area (Å²) < 4.78 is 3.60. The van der Waals surface area contributed by atoms with Crippen LogP contribution in [0.1, 0.15) is 34.6 Å². The Morgan fingerprint density at radius 2 is 2.00 bits per heavy atom. The largest absolute Gasteiger partial charge is 0.351 e. The molecule has 1 saturated heterocycles. The van der Waals surface area contributed by atoms with Crippen LogP contribution in [0, 0.1) is 13.8 Å². The van der Waals surface area contributed by atoms with Crippen LogP contribution in [0.3, 0.4) is 0 Å². The molecule has 1 aliphatic heterocycles. The first-order valence-corrected chi connectivity index (χ1v) is 12.6. The van der Waals surface area contributed by atoms with Crippen LogP contribution in [-0.2, 0) is 7.05 Å². The van der Waals surface area contributed by atoms with Crippen LogP contribution in [0.25, 0.3) is 37.2 Å². The minimum absolute atomic E-state index is 0.197. The number of nitrogens with one attached hydrogen (secondary N) is 2. The molecule has 5 aromatic heterocycles. The monoisotopic (exact) mass is 490 g/mol. The first-order valence-electron chi connectivity index (χ1n) is 11.8. The van der Waals surface area contributed by atoms with Gasteiger partial charge in [0.25, 0.3) is 11.5 Å². The quantitative estimate of drug-likeness (QED) is 0.392. The van der Waals surface area contributed by atoms with Crippen molar-refractivity contribution in [2.75, 3.05) is 26.2 Å². The van der Waals surface area contributed by atoms with Crippen molar-refractivity contribution in [3.63, 3.8) is 0 Å². The predicted octanol–water partition coefficient (Wildman–Crippen LogP) is 2.63. The van der Waals surface area contributed by atoms with E-state index in [9.17, 15) is 9.59 Å². The summed E-state index contributed by atoms with van der Waals surface area (Å²) in [6.45, 7) is 7.62. The summed E-state index contributed by atoms with van der Waals surface area (Å²) in [5.74, 6) is -0.197. The number of thiazole rings is 1. The number of amides is 1. The maximum Gasteiger partial charge on any atom is 0.261 e. The SMILES string of the molecule is Cc1nn(C)c(C)c1-c1cn2nc3c4ncc(C(=O)NCCN5CCCC5)cc4[nH]c(=O)c3c2s1. The number of rotatable bonds is 5. The Labute approximate surface area is 204 Å². The van der Waals surface area contributed by atoms with Gasteiger partial charge in [-0.2, -0.15) is 10.2 Å². The molecule has 0 saturated carbocycles. The highest BCUT2D eigenvalue weighted by Crippen LogP contribution is 2.36. The zero-order chi connectivity index (χ0) is 24.3. The van der Waals surface area contributed by atoms with Crippen LogP contribution in [0.15, 0.2) is 23.3 Å². The summed E-state index contributed by atoms with van der Waals surface area (Å²) >= 11 is 1.51. The number of H-pyrrole nitrogens is 1. The maximum absolute atomic E-state index is 13.1. The fourth-order valence-electron chi connectivity index (χ4n) is 4.96. The van der Waals surface area contributed by atoms with E-state index in [-0.39, 0.29) is 11.5 Å². The molecule has 11 heteroatoms. The first-order chi connectivity index (χ1) is 16.9. The Balaban J connectivity index is 1.34. The molecule has 0 spiro atoms. The highest BCUT2D eigenvalue weighted by atomic mass is 32.1. The van der Waals surface area contributed by atoms with Gasteiger partial charge in [0, 0.05) is 43.8 Å². The van der Waals surface area contributed by atoms with Gasteiger partial charge in [0.15, 0.2) is 0 Å². The van der Waals surface area contributed by atoms with Gasteiger partial charge in [-0.3, -0.25) is 19.3 Å². The van der Waals surface area contributed by atoms with Gasteiger partial charge in [-0.1, -0.05) is 0 Å². The first kappa shape index (κ1) is 21.9. The molecule has 6 rings (SSSR count). The van der Waals surface area contributed by atoms with Crippen molar-refractivity contribution in [1.82, 2.24) is 39.6 Å². The molecule has 6 heterocycles. The van der Waals surface area contributed by atoms with Crippen LogP contribution < -0.4 is 10.9 Å². The summed E-state index contributed by atoms with van der Waals surface area (Å²) in [5.41, 5.74) is 4.83. The van der Waals surface area contributed by atoms with E-state index in [0.717, 1.165) is 46.3 Å². The Kier molecular flexibility index (Phi) is 5.19. The second-order valence-electron chi connectivity index (χ2n) is 9.12. The molecule has 10 nitrogen and oxygen atoms in total. The minimum Gasteiger partial charge on any atom is -0.351 e. The molecule has 1 aliphatic rings. The number of aromatic amines is 1. The van der Waals surface area contributed by atoms with Crippen molar-refractivity contribution in [2.24, 2.45) is 7.05 Å². The van der Waals surface area contributed by atoms with Crippen LogP contribution in [0.2, 0.25) is 0 Å². The predicted molar refractivity (Wildman–Crippen MR) is 136 cm³/mol. The second kappa shape index (κ2) is 8.28. The lowest BCUT2D eigenvalue weighted by molar-refractivity contribution is 0.0949. The van der Waals surface area contributed by atoms with Crippen LogP contribution in [0.4, 0.5) is 0 Å². The van der Waals surface area contributed by atoms with Gasteiger partial charge >= 0.3 is 0 Å². The van der Waals surface area contributed by atoms with E-state index in [1.54, 1.807) is 16.8 Å². The molecule has 0 bridgehead atoms. The van der Waals surface area contributed by atoms with E-state index in [4.69, 9.17) is 5.10 Å².